The Morgan fingerprint density at radius 3 is 2.96 bits per heavy atom. The van der Waals surface area contributed by atoms with E-state index in [-0.39, 0.29) is 6.10 Å². The largest absolute Gasteiger partial charge is 0.472 e. The minimum atomic E-state index is 0.0774. The molecule has 1 atom stereocenters. The topological polar surface area (TPSA) is 60.4 Å². The minimum Gasteiger partial charge on any atom is -0.472 e. The Hall–Kier alpha value is -1.92. The second-order valence-electron chi connectivity index (χ2n) is 5.86. The van der Waals surface area contributed by atoms with Gasteiger partial charge in [0.05, 0.1) is 11.6 Å². The van der Waals surface area contributed by atoms with Crippen molar-refractivity contribution in [2.75, 3.05) is 25.1 Å². The van der Waals surface area contributed by atoms with Gasteiger partial charge in [-0.25, -0.2) is 15.0 Å². The van der Waals surface area contributed by atoms with Gasteiger partial charge < -0.3 is 14.4 Å². The van der Waals surface area contributed by atoms with Crippen LogP contribution in [0.25, 0.3) is 0 Å². The second-order valence-corrected chi connectivity index (χ2v) is 6.30. The van der Waals surface area contributed by atoms with Crippen molar-refractivity contribution in [1.82, 2.24) is 15.0 Å². The molecule has 6 nitrogen and oxygen atoms in total. The fourth-order valence-corrected chi connectivity index (χ4v) is 2.92. The van der Waals surface area contributed by atoms with Gasteiger partial charge in [0.15, 0.2) is 5.82 Å². The quantitative estimate of drug-likeness (QED) is 0.827. The summed E-state index contributed by atoms with van der Waals surface area (Å²) in [5, 5.41) is 0.606. The smallest absolute Gasteiger partial charge is 0.213 e. The zero-order valence-corrected chi connectivity index (χ0v) is 14.7. The first-order valence-electron chi connectivity index (χ1n) is 8.00. The molecule has 1 fully saturated rings. The Balaban J connectivity index is 1.70. The lowest BCUT2D eigenvalue weighted by atomic mass is 10.1. The molecule has 1 unspecified atom stereocenters. The Morgan fingerprint density at radius 1 is 1.33 bits per heavy atom. The summed E-state index contributed by atoms with van der Waals surface area (Å²) in [6, 6.07) is 5.59. The van der Waals surface area contributed by atoms with E-state index in [1.807, 2.05) is 13.0 Å². The zero-order valence-electron chi connectivity index (χ0n) is 13.9. The lowest BCUT2D eigenvalue weighted by molar-refractivity contribution is 0.171. The standard InChI is InChI=1S/C17H21ClN4O2/c1-12-8-16(21-15(20-12)11-23-2)22-7-3-4-14(10-22)24-17-6-5-13(18)9-19-17/h5-6,8-9,14H,3-4,7,10-11H2,1-2H3. The first-order chi connectivity index (χ1) is 11.6. The molecule has 7 heteroatoms. The number of ether oxygens (including phenoxy) is 2. The van der Waals surface area contributed by atoms with Crippen LogP contribution >= 0.6 is 11.6 Å². The van der Waals surface area contributed by atoms with Crippen LogP contribution in [-0.2, 0) is 11.3 Å². The number of halogens is 1. The molecule has 0 radical (unpaired) electrons. The summed E-state index contributed by atoms with van der Waals surface area (Å²) >= 11 is 5.86. The van der Waals surface area contributed by atoms with E-state index in [0.29, 0.717) is 23.3 Å². The molecule has 0 spiro atoms. The van der Waals surface area contributed by atoms with Crippen LogP contribution in [0.15, 0.2) is 24.4 Å². The summed E-state index contributed by atoms with van der Waals surface area (Å²) in [5.74, 6) is 2.23. The Labute approximate surface area is 146 Å². The molecule has 1 aliphatic heterocycles. The highest BCUT2D eigenvalue weighted by atomic mass is 35.5. The average Bonchev–Trinajstić information content (AvgIpc) is 2.57. The molecule has 0 saturated carbocycles. The van der Waals surface area contributed by atoms with E-state index in [9.17, 15) is 0 Å². The van der Waals surface area contributed by atoms with Crippen LogP contribution in [0.5, 0.6) is 5.88 Å². The van der Waals surface area contributed by atoms with Crippen LogP contribution < -0.4 is 9.64 Å². The predicted molar refractivity (Wildman–Crippen MR) is 92.6 cm³/mol. The molecule has 2 aromatic rings. The fraction of sp³-hybridized carbons (Fsp3) is 0.471. The number of nitrogens with zero attached hydrogens (tertiary/aromatic N) is 4. The Bertz CT molecular complexity index is 681. The van der Waals surface area contributed by atoms with E-state index in [1.165, 1.54) is 0 Å². The maximum absolute atomic E-state index is 5.99. The lowest BCUT2D eigenvalue weighted by Crippen LogP contribution is -2.41. The molecule has 3 rings (SSSR count). The van der Waals surface area contributed by atoms with Gasteiger partial charge in [0.1, 0.15) is 18.5 Å². The summed E-state index contributed by atoms with van der Waals surface area (Å²) in [6.07, 6.45) is 3.72. The number of aromatic nitrogens is 3. The molecule has 1 aliphatic rings. The predicted octanol–water partition coefficient (Wildman–Crippen LogP) is 3.03. The number of aryl methyl sites for hydroxylation is 1. The number of methoxy groups -OCH3 is 1. The first-order valence-corrected chi connectivity index (χ1v) is 8.38. The Kier molecular flexibility index (Phi) is 5.48. The summed E-state index contributed by atoms with van der Waals surface area (Å²) in [4.78, 5) is 15.4. The molecule has 0 amide bonds. The summed E-state index contributed by atoms with van der Waals surface area (Å²) in [6.45, 7) is 4.11. The van der Waals surface area contributed by atoms with Gasteiger partial charge in [0.25, 0.3) is 0 Å². The van der Waals surface area contributed by atoms with Gasteiger partial charge in [0, 0.05) is 37.7 Å². The fourth-order valence-electron chi connectivity index (χ4n) is 2.81. The van der Waals surface area contributed by atoms with E-state index < -0.39 is 0 Å². The zero-order chi connectivity index (χ0) is 16.9. The van der Waals surface area contributed by atoms with Crippen molar-refractivity contribution in [3.05, 3.63) is 40.9 Å². The van der Waals surface area contributed by atoms with E-state index >= 15 is 0 Å². The van der Waals surface area contributed by atoms with E-state index in [0.717, 1.165) is 37.4 Å². The van der Waals surface area contributed by atoms with Crippen LogP contribution in [0.3, 0.4) is 0 Å². The highest BCUT2D eigenvalue weighted by Gasteiger charge is 2.23. The summed E-state index contributed by atoms with van der Waals surface area (Å²) < 4.78 is 11.1. The molecule has 0 aliphatic carbocycles. The van der Waals surface area contributed by atoms with Gasteiger partial charge in [-0.1, -0.05) is 11.6 Å². The van der Waals surface area contributed by atoms with Crippen LogP contribution in [0, 0.1) is 6.92 Å². The van der Waals surface area contributed by atoms with Gasteiger partial charge in [-0.15, -0.1) is 0 Å². The van der Waals surface area contributed by atoms with Crippen molar-refractivity contribution < 1.29 is 9.47 Å². The molecule has 0 bridgehead atoms. The monoisotopic (exact) mass is 348 g/mol. The highest BCUT2D eigenvalue weighted by Crippen LogP contribution is 2.22. The number of pyridine rings is 1. The molecule has 128 valence electrons. The van der Waals surface area contributed by atoms with Gasteiger partial charge in [-0.3, -0.25) is 0 Å². The van der Waals surface area contributed by atoms with Crippen molar-refractivity contribution in [2.24, 2.45) is 0 Å². The van der Waals surface area contributed by atoms with Crippen LogP contribution in [0.1, 0.15) is 24.4 Å². The SMILES string of the molecule is COCc1nc(C)cc(N2CCCC(Oc3ccc(Cl)cn3)C2)n1. The van der Waals surface area contributed by atoms with Crippen molar-refractivity contribution in [3.63, 3.8) is 0 Å². The average molecular weight is 349 g/mol. The second kappa shape index (κ2) is 7.77. The van der Waals surface area contributed by atoms with Crippen molar-refractivity contribution in [2.45, 2.75) is 32.5 Å². The van der Waals surface area contributed by atoms with Crippen LogP contribution in [0.4, 0.5) is 5.82 Å². The highest BCUT2D eigenvalue weighted by molar-refractivity contribution is 6.30. The third-order valence-corrected chi connectivity index (χ3v) is 4.07. The van der Waals surface area contributed by atoms with E-state index in [4.69, 9.17) is 21.1 Å². The number of rotatable bonds is 5. The summed E-state index contributed by atoms with van der Waals surface area (Å²) in [5.41, 5.74) is 0.939. The van der Waals surface area contributed by atoms with Crippen LogP contribution in [-0.4, -0.2) is 41.3 Å². The van der Waals surface area contributed by atoms with Gasteiger partial charge >= 0.3 is 0 Å². The number of hydrogen-bond acceptors (Lipinski definition) is 6. The molecule has 24 heavy (non-hydrogen) atoms. The lowest BCUT2D eigenvalue weighted by Gasteiger charge is -2.33. The maximum atomic E-state index is 5.99. The number of piperidine rings is 1. The van der Waals surface area contributed by atoms with E-state index in [1.54, 1.807) is 25.4 Å². The van der Waals surface area contributed by atoms with Crippen molar-refractivity contribution in [3.8, 4) is 5.88 Å². The molecule has 3 heterocycles. The number of anilines is 1. The van der Waals surface area contributed by atoms with Gasteiger partial charge in [-0.05, 0) is 25.8 Å². The van der Waals surface area contributed by atoms with Crippen molar-refractivity contribution in [1.29, 1.82) is 0 Å². The molecule has 1 saturated heterocycles. The molecular formula is C17H21ClN4O2. The molecule has 0 aromatic carbocycles. The first kappa shape index (κ1) is 16.9. The van der Waals surface area contributed by atoms with E-state index in [2.05, 4.69) is 19.9 Å². The normalized spacial score (nSPS) is 17.8. The number of hydrogen-bond donors (Lipinski definition) is 0. The maximum Gasteiger partial charge on any atom is 0.213 e. The Morgan fingerprint density at radius 2 is 2.21 bits per heavy atom. The van der Waals surface area contributed by atoms with Gasteiger partial charge in [-0.2, -0.15) is 0 Å². The van der Waals surface area contributed by atoms with Crippen LogP contribution in [0.2, 0.25) is 5.02 Å². The molecular weight excluding hydrogens is 328 g/mol. The molecule has 2 aromatic heterocycles. The summed E-state index contributed by atoms with van der Waals surface area (Å²) in [7, 11) is 1.65. The molecule has 0 N–H and O–H groups in total. The minimum absolute atomic E-state index is 0.0774. The third-order valence-electron chi connectivity index (χ3n) is 3.85. The van der Waals surface area contributed by atoms with Crippen molar-refractivity contribution >= 4 is 17.4 Å². The van der Waals surface area contributed by atoms with Gasteiger partial charge in [0.2, 0.25) is 5.88 Å². The third kappa shape index (κ3) is 4.33.